The second-order valence-corrected chi connectivity index (χ2v) is 5.02. The number of rotatable bonds is 5. The molecule has 1 aromatic heterocycles. The average Bonchev–Trinajstić information content (AvgIpc) is 3.29. The lowest BCUT2D eigenvalue weighted by atomic mass is 10.1. The molecule has 1 saturated carbocycles. The van der Waals surface area contributed by atoms with Gasteiger partial charge in [-0.3, -0.25) is 9.78 Å². The Morgan fingerprint density at radius 1 is 1.50 bits per heavy atom. The predicted molar refractivity (Wildman–Crippen MR) is 77.1 cm³/mol. The van der Waals surface area contributed by atoms with Gasteiger partial charge in [-0.05, 0) is 31.7 Å². The van der Waals surface area contributed by atoms with Crippen LogP contribution in [0.15, 0.2) is 18.5 Å². The van der Waals surface area contributed by atoms with Crippen molar-refractivity contribution in [2.75, 3.05) is 19.7 Å². The molecule has 1 aliphatic rings. The second-order valence-electron chi connectivity index (χ2n) is 5.02. The molecular weight excluding hydrogens is 252 g/mol. The maximum atomic E-state index is 12.4. The number of nitrogens with zero attached hydrogens (tertiary/aromatic N) is 2. The van der Waals surface area contributed by atoms with Crippen molar-refractivity contribution in [3.8, 4) is 11.8 Å². The highest BCUT2D eigenvalue weighted by Gasteiger charge is 2.26. The fourth-order valence-electron chi connectivity index (χ4n) is 2.00. The van der Waals surface area contributed by atoms with Crippen molar-refractivity contribution in [2.24, 2.45) is 5.92 Å². The molecule has 0 aromatic carbocycles. The van der Waals surface area contributed by atoms with E-state index < -0.39 is 0 Å². The maximum absolute atomic E-state index is 12.4. The molecule has 1 heterocycles. The third kappa shape index (κ3) is 4.07. The van der Waals surface area contributed by atoms with Crippen molar-refractivity contribution < 1.29 is 9.90 Å². The fraction of sp³-hybridized carbons (Fsp3) is 0.500. The molecule has 20 heavy (non-hydrogen) atoms. The Balaban J connectivity index is 2.08. The van der Waals surface area contributed by atoms with E-state index in [1.54, 1.807) is 18.5 Å². The summed E-state index contributed by atoms with van der Waals surface area (Å²) in [7, 11) is 0. The summed E-state index contributed by atoms with van der Waals surface area (Å²) < 4.78 is 0. The number of aliphatic hydroxyl groups is 1. The van der Waals surface area contributed by atoms with Crippen LogP contribution in [0.25, 0.3) is 0 Å². The van der Waals surface area contributed by atoms with Gasteiger partial charge in [0.05, 0.1) is 12.2 Å². The highest BCUT2D eigenvalue weighted by atomic mass is 16.2. The Kier molecular flexibility index (Phi) is 5.14. The smallest absolute Gasteiger partial charge is 0.255 e. The number of carbonyl (C=O) groups excluding carboxylic acids is 1. The lowest BCUT2D eigenvalue weighted by Crippen LogP contribution is -2.32. The molecule has 0 aliphatic heterocycles. The molecule has 106 valence electrons. The van der Waals surface area contributed by atoms with Crippen LogP contribution in [0.5, 0.6) is 0 Å². The van der Waals surface area contributed by atoms with Crippen LogP contribution in [-0.2, 0) is 0 Å². The van der Waals surface area contributed by atoms with Gasteiger partial charge in [0.2, 0.25) is 0 Å². The minimum Gasteiger partial charge on any atom is -0.395 e. The maximum Gasteiger partial charge on any atom is 0.255 e. The molecule has 4 nitrogen and oxygen atoms in total. The summed E-state index contributed by atoms with van der Waals surface area (Å²) in [5, 5.41) is 8.70. The summed E-state index contributed by atoms with van der Waals surface area (Å²) in [6, 6.07) is 1.77. The molecule has 0 atom stereocenters. The molecule has 0 spiro atoms. The van der Waals surface area contributed by atoms with Crippen molar-refractivity contribution in [1.29, 1.82) is 0 Å². The van der Waals surface area contributed by atoms with Crippen LogP contribution < -0.4 is 0 Å². The monoisotopic (exact) mass is 272 g/mol. The van der Waals surface area contributed by atoms with Crippen LogP contribution in [0, 0.1) is 17.8 Å². The van der Waals surface area contributed by atoms with Crippen LogP contribution in [0.2, 0.25) is 0 Å². The van der Waals surface area contributed by atoms with Crippen molar-refractivity contribution in [2.45, 2.75) is 26.2 Å². The standard InChI is InChI=1S/C16H20N2O2/c1-2-18(12-13-6-7-13)16(20)15-9-14(10-17-11-15)5-3-4-8-19/h9-11,13,19H,2,4,6-8,12H2,1H3. The van der Waals surface area contributed by atoms with E-state index in [0.29, 0.717) is 23.5 Å². The average molecular weight is 272 g/mol. The van der Waals surface area contributed by atoms with E-state index in [1.807, 2.05) is 11.8 Å². The summed E-state index contributed by atoms with van der Waals surface area (Å²) in [6.07, 6.45) is 6.12. The highest BCUT2D eigenvalue weighted by Crippen LogP contribution is 2.30. The minimum atomic E-state index is 0.0257. The first-order valence-corrected chi connectivity index (χ1v) is 7.08. The number of aliphatic hydroxyl groups excluding tert-OH is 1. The zero-order valence-electron chi connectivity index (χ0n) is 11.8. The van der Waals surface area contributed by atoms with Gasteiger partial charge in [-0.1, -0.05) is 11.8 Å². The molecule has 0 saturated heterocycles. The summed E-state index contributed by atoms with van der Waals surface area (Å²) in [4.78, 5) is 18.4. The third-order valence-electron chi connectivity index (χ3n) is 3.30. The molecule has 0 radical (unpaired) electrons. The molecule has 1 amide bonds. The Bertz CT molecular complexity index is 527. The zero-order chi connectivity index (χ0) is 14.4. The second kappa shape index (κ2) is 7.06. The number of amides is 1. The number of carbonyl (C=O) groups is 1. The minimum absolute atomic E-state index is 0.0257. The molecule has 2 rings (SSSR count). The van der Waals surface area contributed by atoms with Gasteiger partial charge >= 0.3 is 0 Å². The lowest BCUT2D eigenvalue weighted by molar-refractivity contribution is 0.0756. The molecule has 1 aromatic rings. The SMILES string of the molecule is CCN(CC1CC1)C(=O)c1cncc(C#CCCO)c1. The van der Waals surface area contributed by atoms with Crippen LogP contribution >= 0.6 is 0 Å². The van der Waals surface area contributed by atoms with Crippen molar-refractivity contribution in [1.82, 2.24) is 9.88 Å². The first-order chi connectivity index (χ1) is 9.74. The Labute approximate surface area is 119 Å². The Morgan fingerprint density at radius 3 is 2.95 bits per heavy atom. The molecule has 1 fully saturated rings. The van der Waals surface area contributed by atoms with E-state index >= 15 is 0 Å². The van der Waals surface area contributed by atoms with Gasteiger partial charge in [-0.15, -0.1) is 0 Å². The first kappa shape index (κ1) is 14.5. The predicted octanol–water partition coefficient (Wildman–Crippen LogP) is 1.69. The van der Waals surface area contributed by atoms with Gasteiger partial charge in [0.25, 0.3) is 5.91 Å². The van der Waals surface area contributed by atoms with Gasteiger partial charge < -0.3 is 10.0 Å². The molecule has 0 bridgehead atoms. The van der Waals surface area contributed by atoms with E-state index in [4.69, 9.17) is 5.11 Å². The summed E-state index contributed by atoms with van der Waals surface area (Å²) in [6.45, 7) is 3.61. The lowest BCUT2D eigenvalue weighted by Gasteiger charge is -2.20. The fourth-order valence-corrected chi connectivity index (χ4v) is 2.00. The summed E-state index contributed by atoms with van der Waals surface area (Å²) in [5.41, 5.74) is 1.30. The first-order valence-electron chi connectivity index (χ1n) is 7.08. The van der Waals surface area contributed by atoms with E-state index in [9.17, 15) is 4.79 Å². The molecular formula is C16H20N2O2. The van der Waals surface area contributed by atoms with Crippen molar-refractivity contribution in [3.63, 3.8) is 0 Å². The molecule has 0 unspecified atom stereocenters. The largest absolute Gasteiger partial charge is 0.395 e. The normalized spacial score (nSPS) is 13.5. The van der Waals surface area contributed by atoms with Gasteiger partial charge in [-0.2, -0.15) is 0 Å². The van der Waals surface area contributed by atoms with E-state index in [1.165, 1.54) is 12.8 Å². The molecule has 1 N–H and O–H groups in total. The van der Waals surface area contributed by atoms with Gasteiger partial charge in [0, 0.05) is 37.5 Å². The van der Waals surface area contributed by atoms with Crippen molar-refractivity contribution >= 4 is 5.91 Å². The van der Waals surface area contributed by atoms with Crippen molar-refractivity contribution in [3.05, 3.63) is 29.6 Å². The van der Waals surface area contributed by atoms with Crippen LogP contribution in [0.4, 0.5) is 0 Å². The molecule has 1 aliphatic carbocycles. The number of hydrogen-bond donors (Lipinski definition) is 1. The van der Waals surface area contributed by atoms with E-state index in [0.717, 1.165) is 13.1 Å². The number of aromatic nitrogens is 1. The van der Waals surface area contributed by atoms with Gasteiger partial charge in [0.15, 0.2) is 0 Å². The Morgan fingerprint density at radius 2 is 2.30 bits per heavy atom. The van der Waals surface area contributed by atoms with Gasteiger partial charge in [0.1, 0.15) is 0 Å². The van der Waals surface area contributed by atoms with E-state index in [-0.39, 0.29) is 12.5 Å². The van der Waals surface area contributed by atoms with Gasteiger partial charge in [-0.25, -0.2) is 0 Å². The Hall–Kier alpha value is -1.86. The summed E-state index contributed by atoms with van der Waals surface area (Å²) >= 11 is 0. The summed E-state index contributed by atoms with van der Waals surface area (Å²) in [5.74, 6) is 6.45. The van der Waals surface area contributed by atoms with E-state index in [2.05, 4.69) is 16.8 Å². The zero-order valence-corrected chi connectivity index (χ0v) is 11.8. The third-order valence-corrected chi connectivity index (χ3v) is 3.30. The van der Waals surface area contributed by atoms with Crippen LogP contribution in [0.1, 0.15) is 42.1 Å². The topological polar surface area (TPSA) is 53.4 Å². The molecule has 4 heteroatoms. The highest BCUT2D eigenvalue weighted by molar-refractivity contribution is 5.94. The number of pyridine rings is 1. The van der Waals surface area contributed by atoms with Crippen LogP contribution in [0.3, 0.4) is 0 Å². The number of hydrogen-bond acceptors (Lipinski definition) is 3. The quantitative estimate of drug-likeness (QED) is 0.830. The van der Waals surface area contributed by atoms with Crippen LogP contribution in [-0.4, -0.2) is 40.6 Å².